The highest BCUT2D eigenvalue weighted by Gasteiger charge is 2.11. The number of ether oxygens (including phenoxy) is 2. The molecule has 0 bridgehead atoms. The molecule has 0 aliphatic heterocycles. The van der Waals surface area contributed by atoms with Crippen LogP contribution in [0.5, 0.6) is 0 Å². The van der Waals surface area contributed by atoms with Gasteiger partial charge >= 0.3 is 0 Å². The van der Waals surface area contributed by atoms with Gasteiger partial charge in [-0.3, -0.25) is 0 Å². The van der Waals surface area contributed by atoms with E-state index in [2.05, 4.69) is 81.5 Å². The molecular formula is C42H79NO2. The van der Waals surface area contributed by atoms with E-state index >= 15 is 0 Å². The molecule has 0 aromatic carbocycles. The summed E-state index contributed by atoms with van der Waals surface area (Å²) in [5.74, 6) is 0.467. The Kier molecular flexibility index (Phi) is 38.0. The zero-order chi connectivity index (χ0) is 32.7. The van der Waals surface area contributed by atoms with Crippen molar-refractivity contribution in [2.75, 3.05) is 47.1 Å². The molecule has 45 heavy (non-hydrogen) atoms. The highest BCUT2D eigenvalue weighted by atomic mass is 16.5. The topological polar surface area (TPSA) is 21.7 Å². The maximum Gasteiger partial charge on any atom is 0.0528 e. The minimum absolute atomic E-state index is 0.467. The van der Waals surface area contributed by atoms with Crippen LogP contribution < -0.4 is 0 Å². The minimum atomic E-state index is 0.467. The minimum Gasteiger partial charge on any atom is -0.381 e. The van der Waals surface area contributed by atoms with Gasteiger partial charge in [0.15, 0.2) is 0 Å². The van der Waals surface area contributed by atoms with Crippen LogP contribution >= 0.6 is 0 Å². The van der Waals surface area contributed by atoms with E-state index in [9.17, 15) is 0 Å². The summed E-state index contributed by atoms with van der Waals surface area (Å²) in [5, 5.41) is 0. The Balaban J connectivity index is 3.57. The van der Waals surface area contributed by atoms with Gasteiger partial charge in [-0.05, 0) is 91.1 Å². The smallest absolute Gasteiger partial charge is 0.0528 e. The molecule has 0 atom stereocenters. The second-order valence-corrected chi connectivity index (χ2v) is 13.4. The molecular weight excluding hydrogens is 550 g/mol. The third-order valence-electron chi connectivity index (χ3n) is 8.31. The van der Waals surface area contributed by atoms with Crippen molar-refractivity contribution in [3.8, 4) is 0 Å². The van der Waals surface area contributed by atoms with Crippen molar-refractivity contribution in [2.45, 2.75) is 168 Å². The van der Waals surface area contributed by atoms with Crippen molar-refractivity contribution >= 4 is 0 Å². The van der Waals surface area contributed by atoms with Crippen LogP contribution in [0, 0.1) is 5.92 Å². The zero-order valence-electron chi connectivity index (χ0n) is 31.0. The summed E-state index contributed by atoms with van der Waals surface area (Å²) in [4.78, 5) is 2.26. The highest BCUT2D eigenvalue weighted by Crippen LogP contribution is 2.11. The fourth-order valence-corrected chi connectivity index (χ4v) is 5.55. The van der Waals surface area contributed by atoms with Gasteiger partial charge in [0.05, 0.1) is 13.2 Å². The van der Waals surface area contributed by atoms with Crippen LogP contribution in [-0.4, -0.2) is 52.0 Å². The van der Waals surface area contributed by atoms with E-state index in [-0.39, 0.29) is 0 Å². The lowest BCUT2D eigenvalue weighted by Gasteiger charge is -2.21. The molecule has 0 unspecified atom stereocenters. The van der Waals surface area contributed by atoms with Crippen molar-refractivity contribution in [1.82, 2.24) is 4.90 Å². The van der Waals surface area contributed by atoms with Crippen molar-refractivity contribution in [3.05, 3.63) is 48.6 Å². The third-order valence-corrected chi connectivity index (χ3v) is 8.31. The average molecular weight is 630 g/mol. The first-order chi connectivity index (χ1) is 22.2. The first kappa shape index (κ1) is 43.8. The van der Waals surface area contributed by atoms with E-state index in [0.29, 0.717) is 5.92 Å². The van der Waals surface area contributed by atoms with Gasteiger partial charge < -0.3 is 14.4 Å². The number of unbranched alkanes of at least 4 members (excludes halogenated alkanes) is 18. The molecule has 0 N–H and O–H groups in total. The normalized spacial score (nSPS) is 13.2. The quantitative estimate of drug-likeness (QED) is 0.0508. The Morgan fingerprint density at radius 2 is 0.756 bits per heavy atom. The number of hydrogen-bond donors (Lipinski definition) is 0. The van der Waals surface area contributed by atoms with Gasteiger partial charge in [0.25, 0.3) is 0 Å². The first-order valence-corrected chi connectivity index (χ1v) is 19.6. The van der Waals surface area contributed by atoms with E-state index in [1.165, 1.54) is 141 Å². The van der Waals surface area contributed by atoms with Gasteiger partial charge in [-0.2, -0.15) is 0 Å². The lowest BCUT2D eigenvalue weighted by atomic mass is 10.1. The van der Waals surface area contributed by atoms with E-state index in [1.54, 1.807) is 0 Å². The second kappa shape index (κ2) is 39.0. The standard InChI is InChI=1S/C42H79NO2/c1-5-7-9-11-13-15-17-19-21-23-25-27-29-31-33-35-37-44-40-42(39-43(3)4)41-45-38-36-34-32-30-28-26-24-22-20-18-16-14-12-10-8-6-2/h13-16,19-22,42H,5-12,17-18,23-41H2,1-4H3. The van der Waals surface area contributed by atoms with Gasteiger partial charge in [-0.1, -0.05) is 140 Å². The van der Waals surface area contributed by atoms with Gasteiger partial charge in [0, 0.05) is 25.7 Å². The Morgan fingerprint density at radius 3 is 1.11 bits per heavy atom. The van der Waals surface area contributed by atoms with Crippen LogP contribution in [0.3, 0.4) is 0 Å². The molecule has 0 spiro atoms. The summed E-state index contributed by atoms with van der Waals surface area (Å²) >= 11 is 0. The summed E-state index contributed by atoms with van der Waals surface area (Å²) in [5.41, 5.74) is 0. The predicted octanol–water partition coefficient (Wildman–Crippen LogP) is 12.8. The molecule has 0 radical (unpaired) electrons. The molecule has 0 fully saturated rings. The molecule has 3 heteroatoms. The van der Waals surface area contributed by atoms with Crippen LogP contribution in [0.25, 0.3) is 0 Å². The van der Waals surface area contributed by atoms with Crippen molar-refractivity contribution in [2.24, 2.45) is 5.92 Å². The fraction of sp³-hybridized carbons (Fsp3) is 0.810. The van der Waals surface area contributed by atoms with Gasteiger partial charge in [-0.25, -0.2) is 0 Å². The van der Waals surface area contributed by atoms with Crippen LogP contribution in [0.4, 0.5) is 0 Å². The van der Waals surface area contributed by atoms with Crippen LogP contribution in [0.1, 0.15) is 168 Å². The third kappa shape index (κ3) is 38.9. The molecule has 3 nitrogen and oxygen atoms in total. The van der Waals surface area contributed by atoms with E-state index in [0.717, 1.165) is 45.8 Å². The summed E-state index contributed by atoms with van der Waals surface area (Å²) in [6, 6.07) is 0. The van der Waals surface area contributed by atoms with E-state index < -0.39 is 0 Å². The van der Waals surface area contributed by atoms with Gasteiger partial charge in [0.2, 0.25) is 0 Å². The number of allylic oxidation sites excluding steroid dienone is 8. The molecule has 0 saturated carbocycles. The number of nitrogens with zero attached hydrogens (tertiary/aromatic N) is 1. The maximum absolute atomic E-state index is 6.07. The molecule has 0 aliphatic carbocycles. The van der Waals surface area contributed by atoms with Crippen LogP contribution in [-0.2, 0) is 9.47 Å². The fourth-order valence-electron chi connectivity index (χ4n) is 5.55. The molecule has 264 valence electrons. The average Bonchev–Trinajstić information content (AvgIpc) is 3.03. The molecule has 0 saturated heterocycles. The van der Waals surface area contributed by atoms with Crippen molar-refractivity contribution < 1.29 is 9.47 Å². The Labute approximate surface area is 283 Å². The van der Waals surface area contributed by atoms with Crippen molar-refractivity contribution in [1.29, 1.82) is 0 Å². The Bertz CT molecular complexity index is 614. The monoisotopic (exact) mass is 630 g/mol. The van der Waals surface area contributed by atoms with E-state index in [1.807, 2.05) is 0 Å². The summed E-state index contributed by atoms with van der Waals surface area (Å²) < 4.78 is 12.1. The van der Waals surface area contributed by atoms with Gasteiger partial charge in [-0.15, -0.1) is 0 Å². The number of hydrogen-bond acceptors (Lipinski definition) is 3. The highest BCUT2D eigenvalue weighted by molar-refractivity contribution is 4.93. The van der Waals surface area contributed by atoms with Gasteiger partial charge in [0.1, 0.15) is 0 Å². The van der Waals surface area contributed by atoms with E-state index in [4.69, 9.17) is 9.47 Å². The van der Waals surface area contributed by atoms with Crippen molar-refractivity contribution in [3.63, 3.8) is 0 Å². The molecule has 0 aromatic rings. The number of rotatable bonds is 36. The van der Waals surface area contributed by atoms with Crippen LogP contribution in [0.2, 0.25) is 0 Å². The zero-order valence-corrected chi connectivity index (χ0v) is 31.0. The largest absolute Gasteiger partial charge is 0.381 e. The maximum atomic E-state index is 6.07. The SMILES string of the molecule is CCCCCC=CCC=CCCCCCCCCOCC(COCCCCCCCCC=CCC=CCCCCC)CN(C)C. The summed E-state index contributed by atoms with van der Waals surface area (Å²) in [6.07, 6.45) is 49.7. The first-order valence-electron chi connectivity index (χ1n) is 19.6. The second-order valence-electron chi connectivity index (χ2n) is 13.4. The Morgan fingerprint density at radius 1 is 0.422 bits per heavy atom. The molecule has 0 aromatic heterocycles. The Hall–Kier alpha value is -1.16. The molecule has 0 aliphatic rings. The van der Waals surface area contributed by atoms with Crippen LogP contribution in [0.15, 0.2) is 48.6 Å². The lowest BCUT2D eigenvalue weighted by Crippen LogP contribution is -2.29. The summed E-state index contributed by atoms with van der Waals surface area (Å²) in [7, 11) is 4.30. The summed E-state index contributed by atoms with van der Waals surface area (Å²) in [6.45, 7) is 9.00. The lowest BCUT2D eigenvalue weighted by molar-refractivity contribution is 0.0275. The molecule has 0 amide bonds. The molecule has 0 heterocycles. The molecule has 0 rings (SSSR count). The predicted molar refractivity (Wildman–Crippen MR) is 202 cm³/mol.